The van der Waals surface area contributed by atoms with Crippen LogP contribution in [-0.2, 0) is 41.6 Å². The fraction of sp³-hybridized carbons (Fsp3) is 0.711. The van der Waals surface area contributed by atoms with Crippen LogP contribution in [0.1, 0.15) is 212 Å². The maximum Gasteiger partial charge on any atom is 0.460 e. The van der Waals surface area contributed by atoms with E-state index in [0.717, 1.165) is 39.3 Å². The molecule has 790 valence electrons. The molecule has 0 bridgehead atoms. The van der Waals surface area contributed by atoms with E-state index >= 15 is 54.3 Å². The van der Waals surface area contributed by atoms with Crippen molar-refractivity contribution in [2.75, 3.05) is 149 Å². The van der Waals surface area contributed by atoms with Crippen molar-refractivity contribution in [3.05, 3.63) is 86.9 Å². The van der Waals surface area contributed by atoms with Gasteiger partial charge in [-0.15, -0.1) is 0 Å². The summed E-state index contributed by atoms with van der Waals surface area (Å²) in [6.45, 7) is -6.57. The molecule has 139 heavy (non-hydrogen) atoms. The van der Waals surface area contributed by atoms with Gasteiger partial charge < -0.3 is 79.2 Å². The van der Waals surface area contributed by atoms with Gasteiger partial charge in [-0.25, -0.2) is 4.58 Å². The molecular weight excluding hydrogens is 1910 g/mol. The predicted molar refractivity (Wildman–Crippen MR) is 464 cm³/mol. The van der Waals surface area contributed by atoms with E-state index in [1.807, 2.05) is 0 Å². The third kappa shape index (κ3) is 29.5. The van der Waals surface area contributed by atoms with Gasteiger partial charge in [0.25, 0.3) is 5.91 Å². The molecule has 3 aromatic rings. The summed E-state index contributed by atoms with van der Waals surface area (Å²) in [5, 5.41) is -0.511. The summed E-state index contributed by atoms with van der Waals surface area (Å²) in [6.07, 6.45) is -9.40. The Morgan fingerprint density at radius 2 is 0.691 bits per heavy atom. The smallest absolute Gasteiger partial charge is 0.456 e. The van der Waals surface area contributed by atoms with Crippen LogP contribution < -0.4 is 64.9 Å². The summed E-state index contributed by atoms with van der Waals surface area (Å²) in [5.41, 5.74) is 39.3. The van der Waals surface area contributed by atoms with E-state index in [2.05, 4.69) is 0 Å². The molecule has 14 N–H and O–H groups in total. The van der Waals surface area contributed by atoms with Crippen LogP contribution in [0.3, 0.4) is 0 Å². The zero-order valence-electron chi connectivity index (χ0n) is 77.1. The molecule has 7 amide bonds. The van der Waals surface area contributed by atoms with Crippen molar-refractivity contribution < 1.29 is 152 Å². The number of carbonyl (C=O) groups is 7. The Bertz CT molecular complexity index is 4650. The Labute approximate surface area is 787 Å². The number of alkyl halides is 26. The van der Waals surface area contributed by atoms with Crippen LogP contribution in [0.2, 0.25) is 0 Å². The molecule has 3 aliphatic heterocycles. The van der Waals surface area contributed by atoms with Gasteiger partial charge in [0.1, 0.15) is 31.1 Å². The third-order valence-corrected chi connectivity index (χ3v) is 24.7. The Morgan fingerprint density at radius 1 is 0.353 bits per heavy atom. The lowest BCUT2D eigenvalue weighted by Gasteiger charge is -2.40. The number of nitrogens with zero attached hydrogens (tertiary/aromatic N) is 8. The molecular formula is C90H126F26N15O8+. The van der Waals surface area contributed by atoms with E-state index in [-0.39, 0.29) is 147 Å². The number of primary amides is 1. The molecule has 0 unspecified atom stereocenters. The van der Waals surface area contributed by atoms with Crippen LogP contribution >= 0.6 is 0 Å². The SMILES string of the molecule is NCCCCCCN(CC(N)=O)C(=O)CN(CCCCCCN)C(=O)CN(CCCCCCN)C(=O)CN(CCCCCCN)C(=O)CN(CCCCCCN)C(=O)CN(CCCCCCN)C(=O)c1ccccc1C1=c2cc3c(cc2Oc2cc4c(cc21)CCCN4CCC(F)(F)C(F)(F)C(F)(F)C(F)(F)C(F)(F)C(F)(F)F)=[N+](CCC(F)(F)C(F)(F)C(F)(F)C(F)(F)C(F)(F)C(F)(F)F)CCC3. The van der Waals surface area contributed by atoms with Crippen molar-refractivity contribution in [2.45, 2.75) is 264 Å². The van der Waals surface area contributed by atoms with Gasteiger partial charge >= 0.3 is 71.6 Å². The standard InChI is InChI=1S/C90H125F26N15O8/c91-79(92,81(95,96)83(99,100)85(103,104)87(107,108)89(111,112)113)33-49-124-47-27-29-61-51-65-69(53-67(61)124)139-70-54-68-62(30-28-48-125(68)50-34-80(93,94)82(97,98)84(101,102)86(105,106)88(109,110)90(114,115)116)52-66(70)77(65)63-31-13-14-32-64(63)78(138)131(46-26-12-6-20-40-122)60-76(137)130(45-25-11-5-19-39-121)59-75(136)129(44-24-10-4-18-38-120)58-74(135)128(43-23-9-3-17-37-119)57-73(134)127(42-22-8-2-16-36-118)56-72(133)126(55-71(123)132)41-21-7-1-15-35-117/h13-14,31-32,51-54H,1-12,15-30,33-50,55-60,117-122H2,(H-,123,132)/p+1. The average molecular weight is 2040 g/mol. The number of ether oxygens (including phenoxy) is 1. The molecule has 0 aromatic heterocycles. The van der Waals surface area contributed by atoms with Crippen LogP contribution in [0.15, 0.2) is 48.5 Å². The summed E-state index contributed by atoms with van der Waals surface area (Å²) in [5.74, 6) is -83.8. The molecule has 6 rings (SSSR count). The summed E-state index contributed by atoms with van der Waals surface area (Å²) >= 11 is 0. The number of hydrogen-bond acceptors (Lipinski definition) is 15. The fourth-order valence-corrected chi connectivity index (χ4v) is 16.5. The van der Waals surface area contributed by atoms with Gasteiger partial charge in [0.2, 0.25) is 40.8 Å². The molecule has 0 saturated heterocycles. The maximum atomic E-state index is 16.2. The zero-order valence-corrected chi connectivity index (χ0v) is 77.1. The highest BCUT2D eigenvalue weighted by Gasteiger charge is 2.92. The number of nitrogens with two attached hydrogens (primary N) is 7. The normalized spacial score (nSPS) is 14.3. The summed E-state index contributed by atoms with van der Waals surface area (Å²) in [4.78, 5) is 112. The highest BCUT2D eigenvalue weighted by molar-refractivity contribution is 6.03. The quantitative estimate of drug-likeness (QED) is 0.0123. The second kappa shape index (κ2) is 51.9. The third-order valence-electron chi connectivity index (χ3n) is 24.7. The number of aryl methyl sites for hydroxylation is 2. The molecule has 3 aliphatic rings. The number of anilines is 1. The minimum atomic E-state index is -8.24. The first kappa shape index (κ1) is 119. The van der Waals surface area contributed by atoms with E-state index in [1.54, 1.807) is 0 Å². The number of carbonyl (C=O) groups excluding carboxylic acids is 7. The second-order valence-electron chi connectivity index (χ2n) is 35.1. The van der Waals surface area contributed by atoms with Gasteiger partial charge in [-0.3, -0.25) is 33.6 Å². The van der Waals surface area contributed by atoms with Gasteiger partial charge in [-0.05, 0) is 165 Å². The fourth-order valence-electron chi connectivity index (χ4n) is 16.5. The first-order chi connectivity index (χ1) is 64.9. The number of unbranched alkanes of at least 4 members (excludes halogenated alkanes) is 18. The summed E-state index contributed by atoms with van der Waals surface area (Å²) in [6, 6.07) is 9.71. The van der Waals surface area contributed by atoms with E-state index < -0.39 is 203 Å². The Hall–Kier alpha value is -8.84. The van der Waals surface area contributed by atoms with E-state index in [1.165, 1.54) is 60.9 Å². The largest absolute Gasteiger partial charge is 0.460 e. The minimum Gasteiger partial charge on any atom is -0.456 e. The number of benzene rings is 3. The molecule has 0 atom stereocenters. The molecule has 0 fully saturated rings. The molecule has 49 heteroatoms. The highest BCUT2D eigenvalue weighted by atomic mass is 19.4. The van der Waals surface area contributed by atoms with Crippen LogP contribution in [-0.4, -0.2) is 286 Å². The maximum absolute atomic E-state index is 16.2. The number of amides is 7. The molecule has 23 nitrogen and oxygen atoms in total. The first-order valence-corrected chi connectivity index (χ1v) is 46.5. The van der Waals surface area contributed by atoms with Crippen LogP contribution in [0, 0.1) is 0 Å². The van der Waals surface area contributed by atoms with Gasteiger partial charge in [-0.1, -0.05) is 95.2 Å². The number of hydrogen-bond donors (Lipinski definition) is 7. The van der Waals surface area contributed by atoms with Gasteiger partial charge in [0.05, 0.1) is 45.2 Å². The molecule has 0 radical (unpaired) electrons. The van der Waals surface area contributed by atoms with Gasteiger partial charge in [0, 0.05) is 104 Å². The number of fused-ring (bicyclic) bond motifs is 4. The molecule has 0 saturated carbocycles. The summed E-state index contributed by atoms with van der Waals surface area (Å²) in [7, 11) is 0. The zero-order chi connectivity index (χ0) is 104. The Morgan fingerprint density at radius 3 is 1.06 bits per heavy atom. The Kier molecular flexibility index (Phi) is 44.4. The van der Waals surface area contributed by atoms with Gasteiger partial charge in [0.15, 0.2) is 0 Å². The van der Waals surface area contributed by atoms with E-state index in [9.17, 15) is 93.4 Å². The lowest BCUT2D eigenvalue weighted by Crippen LogP contribution is -2.70. The van der Waals surface area contributed by atoms with Crippen LogP contribution in [0.25, 0.3) is 5.57 Å². The molecule has 3 aromatic carbocycles. The Balaban J connectivity index is 1.52. The molecule has 0 aliphatic carbocycles. The van der Waals surface area contributed by atoms with Crippen molar-refractivity contribution in [3.63, 3.8) is 0 Å². The van der Waals surface area contributed by atoms with Crippen molar-refractivity contribution >= 4 is 52.6 Å². The minimum absolute atomic E-state index is 0.0130. The van der Waals surface area contributed by atoms with Gasteiger partial charge in [-0.2, -0.15) is 114 Å². The predicted octanol–water partition coefficient (Wildman–Crippen LogP) is 13.7. The average Bonchev–Trinajstić information content (AvgIpc) is 0.720. The second-order valence-corrected chi connectivity index (χ2v) is 35.1. The summed E-state index contributed by atoms with van der Waals surface area (Å²) < 4.78 is 383. The van der Waals surface area contributed by atoms with E-state index in [0.29, 0.717) is 148 Å². The van der Waals surface area contributed by atoms with Crippen LogP contribution in [0.5, 0.6) is 11.5 Å². The van der Waals surface area contributed by atoms with Crippen molar-refractivity contribution in [1.82, 2.24) is 34.0 Å². The lowest BCUT2D eigenvalue weighted by molar-refractivity contribution is -0.440. The van der Waals surface area contributed by atoms with Crippen LogP contribution in [0.4, 0.5) is 120 Å². The highest BCUT2D eigenvalue weighted by Crippen LogP contribution is 2.63. The van der Waals surface area contributed by atoms with Crippen molar-refractivity contribution in [1.29, 1.82) is 0 Å². The lowest BCUT2D eigenvalue weighted by atomic mass is 9.86. The monoisotopic (exact) mass is 2040 g/mol. The molecule has 0 spiro atoms. The topological polar surface area (TPSA) is 337 Å². The molecule has 3 heterocycles. The number of rotatable bonds is 64. The first-order valence-electron chi connectivity index (χ1n) is 46.5. The van der Waals surface area contributed by atoms with E-state index in [4.69, 9.17) is 44.9 Å². The van der Waals surface area contributed by atoms with Crippen molar-refractivity contribution in [3.8, 4) is 11.5 Å². The van der Waals surface area contributed by atoms with Crippen molar-refractivity contribution in [2.24, 2.45) is 40.1 Å². The number of halogens is 26.